The maximum Gasteiger partial charge on any atom is 0.225 e. The number of hydrogen-bond acceptors (Lipinski definition) is 4. The molecule has 0 aromatic rings. The van der Waals surface area contributed by atoms with E-state index in [2.05, 4.69) is 20.4 Å². The lowest BCUT2D eigenvalue weighted by atomic mass is 9.89. The fourth-order valence-corrected chi connectivity index (χ4v) is 4.62. The number of likely N-dealkylation sites (tertiary alicyclic amines) is 2. The number of carbonyl (C=O) groups excluding carboxylic acids is 2. The largest absolute Gasteiger partial charge is 0.359 e. The van der Waals surface area contributed by atoms with Crippen LogP contribution in [0.4, 0.5) is 0 Å². The van der Waals surface area contributed by atoms with E-state index in [1.165, 1.54) is 6.42 Å². The molecule has 3 heterocycles. The van der Waals surface area contributed by atoms with Crippen molar-refractivity contribution in [2.24, 2.45) is 11.8 Å². The first-order valence-corrected chi connectivity index (χ1v) is 10.1. The molecule has 2 amide bonds. The highest BCUT2D eigenvalue weighted by Gasteiger charge is 2.33. The Labute approximate surface area is 151 Å². The second-order valence-electron chi connectivity index (χ2n) is 7.94. The summed E-state index contributed by atoms with van der Waals surface area (Å²) < 4.78 is 0. The molecule has 1 unspecified atom stereocenters. The molecule has 3 aliphatic rings. The van der Waals surface area contributed by atoms with Crippen LogP contribution in [0.3, 0.4) is 0 Å². The van der Waals surface area contributed by atoms with Crippen LogP contribution < -0.4 is 10.6 Å². The summed E-state index contributed by atoms with van der Waals surface area (Å²) >= 11 is 0. The number of nitrogens with one attached hydrogen (secondary N) is 2. The molecule has 0 aromatic carbocycles. The number of piperidine rings is 2. The van der Waals surface area contributed by atoms with Gasteiger partial charge in [-0.25, -0.2) is 0 Å². The Bertz CT molecular complexity index is 448. The molecular weight excluding hydrogens is 316 g/mol. The summed E-state index contributed by atoms with van der Waals surface area (Å²) in [5.41, 5.74) is 0. The monoisotopic (exact) mass is 350 g/mol. The maximum absolute atomic E-state index is 12.8. The normalized spacial score (nSPS) is 26.8. The van der Waals surface area contributed by atoms with E-state index in [4.69, 9.17) is 0 Å². The summed E-state index contributed by atoms with van der Waals surface area (Å²) in [6.07, 6.45) is 6.96. The Balaban J connectivity index is 1.37. The molecular formula is C19H34N4O2. The molecule has 0 saturated carbocycles. The molecule has 0 bridgehead atoms. The van der Waals surface area contributed by atoms with Gasteiger partial charge < -0.3 is 15.5 Å². The molecule has 1 atom stereocenters. The molecule has 0 radical (unpaired) electrons. The van der Waals surface area contributed by atoms with Gasteiger partial charge in [-0.15, -0.1) is 0 Å². The SMILES string of the molecule is CNC(=O)CCC1CCN(C(=O)C2CCN(C3CCNC3)CC2)CC1. The molecule has 0 aromatic heterocycles. The van der Waals surface area contributed by atoms with Gasteiger partial charge in [-0.3, -0.25) is 14.5 Å². The van der Waals surface area contributed by atoms with E-state index in [9.17, 15) is 9.59 Å². The lowest BCUT2D eigenvalue weighted by Gasteiger charge is -2.39. The minimum Gasteiger partial charge on any atom is -0.359 e. The summed E-state index contributed by atoms with van der Waals surface area (Å²) in [7, 11) is 1.69. The van der Waals surface area contributed by atoms with Crippen molar-refractivity contribution < 1.29 is 9.59 Å². The molecule has 2 N–H and O–H groups in total. The fourth-order valence-electron chi connectivity index (χ4n) is 4.62. The predicted molar refractivity (Wildman–Crippen MR) is 98.2 cm³/mol. The summed E-state index contributed by atoms with van der Waals surface area (Å²) in [5.74, 6) is 1.34. The van der Waals surface area contributed by atoms with Crippen LogP contribution in [0.1, 0.15) is 44.9 Å². The molecule has 3 saturated heterocycles. The van der Waals surface area contributed by atoms with Crippen molar-refractivity contribution in [3.8, 4) is 0 Å². The van der Waals surface area contributed by atoms with Gasteiger partial charge in [0.2, 0.25) is 11.8 Å². The van der Waals surface area contributed by atoms with Crippen LogP contribution in [0, 0.1) is 11.8 Å². The zero-order valence-corrected chi connectivity index (χ0v) is 15.6. The van der Waals surface area contributed by atoms with Gasteiger partial charge >= 0.3 is 0 Å². The standard InChI is InChI=1S/C19H34N4O2/c1-20-18(24)3-2-15-5-10-23(11-6-15)19(25)16-7-12-22(13-8-16)17-4-9-21-14-17/h15-17,21H,2-14H2,1H3,(H,20,24). The summed E-state index contributed by atoms with van der Waals surface area (Å²) in [6.45, 7) is 6.16. The third kappa shape index (κ3) is 4.94. The van der Waals surface area contributed by atoms with Crippen LogP contribution in [0.15, 0.2) is 0 Å². The smallest absolute Gasteiger partial charge is 0.225 e. The number of nitrogens with zero attached hydrogens (tertiary/aromatic N) is 2. The molecule has 3 aliphatic heterocycles. The lowest BCUT2D eigenvalue weighted by Crippen LogP contribution is -2.48. The molecule has 6 heteroatoms. The third-order valence-corrected chi connectivity index (χ3v) is 6.41. The van der Waals surface area contributed by atoms with Crippen molar-refractivity contribution in [1.29, 1.82) is 0 Å². The first-order chi connectivity index (χ1) is 12.2. The highest BCUT2D eigenvalue weighted by Crippen LogP contribution is 2.27. The zero-order valence-electron chi connectivity index (χ0n) is 15.6. The van der Waals surface area contributed by atoms with Gasteiger partial charge in [-0.1, -0.05) is 0 Å². The van der Waals surface area contributed by atoms with E-state index >= 15 is 0 Å². The second kappa shape index (κ2) is 8.99. The third-order valence-electron chi connectivity index (χ3n) is 6.41. The van der Waals surface area contributed by atoms with E-state index in [0.717, 1.165) is 71.4 Å². The number of amides is 2. The zero-order chi connectivity index (χ0) is 17.6. The Hall–Kier alpha value is -1.14. The minimum atomic E-state index is 0.128. The van der Waals surface area contributed by atoms with Gasteiger partial charge in [0.15, 0.2) is 0 Å². The van der Waals surface area contributed by atoms with E-state index < -0.39 is 0 Å². The Morgan fingerprint density at radius 2 is 1.76 bits per heavy atom. The van der Waals surface area contributed by atoms with Crippen molar-refractivity contribution in [2.45, 2.75) is 51.0 Å². The Morgan fingerprint density at radius 1 is 1.04 bits per heavy atom. The molecule has 0 spiro atoms. The van der Waals surface area contributed by atoms with E-state index in [0.29, 0.717) is 24.3 Å². The molecule has 3 rings (SSSR count). The van der Waals surface area contributed by atoms with Gasteiger partial charge in [0.1, 0.15) is 0 Å². The van der Waals surface area contributed by atoms with Crippen molar-refractivity contribution in [1.82, 2.24) is 20.4 Å². The number of rotatable bonds is 5. The topological polar surface area (TPSA) is 64.7 Å². The predicted octanol–water partition coefficient (Wildman–Crippen LogP) is 0.825. The highest BCUT2D eigenvalue weighted by molar-refractivity contribution is 5.79. The first-order valence-electron chi connectivity index (χ1n) is 10.1. The summed E-state index contributed by atoms with van der Waals surface area (Å²) in [6, 6.07) is 0.687. The van der Waals surface area contributed by atoms with Gasteiger partial charge in [0.25, 0.3) is 0 Å². The molecule has 0 aliphatic carbocycles. The summed E-state index contributed by atoms with van der Waals surface area (Å²) in [4.78, 5) is 28.9. The maximum atomic E-state index is 12.8. The Kier molecular flexibility index (Phi) is 6.70. The average molecular weight is 351 g/mol. The van der Waals surface area contributed by atoms with Crippen LogP contribution in [0.2, 0.25) is 0 Å². The van der Waals surface area contributed by atoms with E-state index in [1.807, 2.05) is 0 Å². The Morgan fingerprint density at radius 3 is 2.36 bits per heavy atom. The summed E-state index contributed by atoms with van der Waals surface area (Å²) in [5, 5.41) is 6.13. The van der Waals surface area contributed by atoms with Crippen LogP contribution in [-0.4, -0.2) is 74.0 Å². The van der Waals surface area contributed by atoms with Gasteiger partial charge in [0.05, 0.1) is 0 Å². The minimum absolute atomic E-state index is 0.128. The molecule has 142 valence electrons. The average Bonchev–Trinajstić information content (AvgIpc) is 3.21. The van der Waals surface area contributed by atoms with Crippen LogP contribution in [0.5, 0.6) is 0 Å². The van der Waals surface area contributed by atoms with Crippen LogP contribution >= 0.6 is 0 Å². The van der Waals surface area contributed by atoms with Crippen molar-refractivity contribution in [3.05, 3.63) is 0 Å². The second-order valence-corrected chi connectivity index (χ2v) is 7.94. The van der Waals surface area contributed by atoms with Gasteiger partial charge in [0, 0.05) is 45.1 Å². The quantitative estimate of drug-likeness (QED) is 0.771. The highest BCUT2D eigenvalue weighted by atomic mass is 16.2. The molecule has 25 heavy (non-hydrogen) atoms. The number of hydrogen-bond donors (Lipinski definition) is 2. The van der Waals surface area contributed by atoms with Crippen molar-refractivity contribution in [2.75, 3.05) is 46.3 Å². The van der Waals surface area contributed by atoms with Gasteiger partial charge in [-0.2, -0.15) is 0 Å². The van der Waals surface area contributed by atoms with E-state index in [-0.39, 0.29) is 11.8 Å². The number of carbonyl (C=O) groups is 2. The first kappa shape index (κ1) is 18.6. The fraction of sp³-hybridized carbons (Fsp3) is 0.895. The van der Waals surface area contributed by atoms with Gasteiger partial charge in [-0.05, 0) is 64.1 Å². The van der Waals surface area contributed by atoms with E-state index in [1.54, 1.807) is 7.05 Å². The molecule has 6 nitrogen and oxygen atoms in total. The van der Waals surface area contributed by atoms with Crippen molar-refractivity contribution >= 4 is 11.8 Å². The lowest BCUT2D eigenvalue weighted by molar-refractivity contribution is -0.138. The van der Waals surface area contributed by atoms with Crippen LogP contribution in [-0.2, 0) is 9.59 Å². The van der Waals surface area contributed by atoms with Crippen LogP contribution in [0.25, 0.3) is 0 Å². The van der Waals surface area contributed by atoms with Crippen molar-refractivity contribution in [3.63, 3.8) is 0 Å². The molecule has 3 fully saturated rings.